The van der Waals surface area contributed by atoms with Gasteiger partial charge >= 0.3 is 18.1 Å². The number of aromatic nitrogens is 1. The van der Waals surface area contributed by atoms with E-state index in [1.165, 1.54) is 45.1 Å². The molecular formula is C34H42N2O12. The number of methoxy groups -OCH3 is 6. The van der Waals surface area contributed by atoms with Crippen molar-refractivity contribution in [1.29, 1.82) is 0 Å². The second-order valence-electron chi connectivity index (χ2n) is 12.0. The van der Waals surface area contributed by atoms with Crippen LogP contribution in [0.2, 0.25) is 0 Å². The molecule has 0 bridgehead atoms. The zero-order valence-corrected chi connectivity index (χ0v) is 27.8. The molecule has 0 unspecified atom stereocenters. The maximum atomic E-state index is 13.5. The van der Waals surface area contributed by atoms with Crippen molar-refractivity contribution in [3.63, 3.8) is 0 Å². The molecule has 0 radical (unpaired) electrons. The SMILES string of the molecule is COC(=O)[C@H]1[C@H]2C[C@@H]3c4[nH]c5cc(OC)ccc5c4CCN3C[C@H]2C[C@@H](OC(=O)c2cc(OC)c(OC)c(OC)c2)[C@@H]1OC.O=C(O)O. The highest BCUT2D eigenvalue weighted by molar-refractivity contribution is 5.91. The van der Waals surface area contributed by atoms with Gasteiger partial charge in [0.05, 0.1) is 53.1 Å². The summed E-state index contributed by atoms with van der Waals surface area (Å²) in [5.74, 6) is 0.441. The number of carbonyl (C=O) groups is 3. The fourth-order valence-corrected chi connectivity index (χ4v) is 7.76. The predicted molar refractivity (Wildman–Crippen MR) is 171 cm³/mol. The predicted octanol–water partition coefficient (Wildman–Crippen LogP) is 4.39. The first-order valence-corrected chi connectivity index (χ1v) is 15.5. The number of benzene rings is 2. The van der Waals surface area contributed by atoms with Crippen molar-refractivity contribution in [3.8, 4) is 23.0 Å². The summed E-state index contributed by atoms with van der Waals surface area (Å²) in [4.78, 5) is 41.7. The first-order valence-electron chi connectivity index (χ1n) is 15.5. The average Bonchev–Trinajstić information content (AvgIpc) is 3.47. The summed E-state index contributed by atoms with van der Waals surface area (Å²) in [6.07, 6.45) is -0.914. The third-order valence-corrected chi connectivity index (χ3v) is 9.76. The Kier molecular flexibility index (Phi) is 10.5. The molecule has 2 aromatic carbocycles. The second kappa shape index (κ2) is 14.6. The van der Waals surface area contributed by atoms with E-state index < -0.39 is 30.3 Å². The number of hydrogen-bond donors (Lipinski definition) is 3. The molecule has 1 aromatic heterocycles. The Balaban J connectivity index is 0.00000107. The molecule has 1 saturated carbocycles. The van der Waals surface area contributed by atoms with Crippen LogP contribution in [-0.4, -0.2) is 106 Å². The van der Waals surface area contributed by atoms with Gasteiger partial charge in [0.25, 0.3) is 0 Å². The van der Waals surface area contributed by atoms with E-state index in [0.29, 0.717) is 23.7 Å². The number of carbonyl (C=O) groups excluding carboxylic acids is 2. The van der Waals surface area contributed by atoms with Gasteiger partial charge in [-0.3, -0.25) is 9.69 Å². The second-order valence-corrected chi connectivity index (χ2v) is 12.0. The van der Waals surface area contributed by atoms with Crippen molar-refractivity contribution in [2.24, 2.45) is 17.8 Å². The minimum atomic E-state index is -1.83. The van der Waals surface area contributed by atoms with Gasteiger partial charge in [-0.2, -0.15) is 0 Å². The molecule has 3 aromatic rings. The number of nitrogens with one attached hydrogen (secondary N) is 1. The van der Waals surface area contributed by atoms with E-state index in [2.05, 4.69) is 16.0 Å². The number of hydrogen-bond acceptors (Lipinski definition) is 11. The molecule has 2 aliphatic heterocycles. The lowest BCUT2D eigenvalue weighted by molar-refractivity contribution is -0.176. The number of piperidine rings is 1. The van der Waals surface area contributed by atoms with Gasteiger partial charge in [-0.1, -0.05) is 0 Å². The van der Waals surface area contributed by atoms with Crippen molar-refractivity contribution in [2.75, 3.05) is 55.7 Å². The van der Waals surface area contributed by atoms with Gasteiger partial charge in [0, 0.05) is 42.9 Å². The number of ether oxygens (including phenoxy) is 7. The standard InChI is InChI=1S/C33H40N2O9.CH2O3/c1-38-19-7-8-20-21-9-10-35-16-18-13-27(44-32(36)17-11-25(39-2)30(41-4)26(12-17)40-3)31(42-5)28(33(37)43-6)22(18)15-24(35)29(21)34-23(20)14-19;2-1(3)4/h7-8,11-12,14,18,22,24,27-28,31,34H,9-10,13,15-16H2,1-6H3;(H2,2,3,4)/t18-,22+,24-,27-,28+,31+;/m1./s1. The topological polar surface area (TPSA) is 175 Å². The van der Waals surface area contributed by atoms with Crippen LogP contribution in [0.1, 0.15) is 40.5 Å². The number of H-pyrrole nitrogens is 1. The van der Waals surface area contributed by atoms with Gasteiger partial charge in [0.1, 0.15) is 18.0 Å². The number of nitrogens with zero attached hydrogens (tertiary/aromatic N) is 1. The first-order chi connectivity index (χ1) is 23.1. The Morgan fingerprint density at radius 1 is 0.896 bits per heavy atom. The summed E-state index contributed by atoms with van der Waals surface area (Å²) >= 11 is 0. The van der Waals surface area contributed by atoms with Crippen molar-refractivity contribution >= 4 is 29.0 Å². The van der Waals surface area contributed by atoms with Gasteiger partial charge in [-0.25, -0.2) is 9.59 Å². The molecule has 260 valence electrons. The summed E-state index contributed by atoms with van der Waals surface area (Å²) in [6, 6.07) is 9.40. The van der Waals surface area contributed by atoms with E-state index in [1.807, 2.05) is 12.1 Å². The van der Waals surface area contributed by atoms with Crippen molar-refractivity contribution in [1.82, 2.24) is 9.88 Å². The number of fused-ring (bicyclic) bond motifs is 6. The molecule has 1 aliphatic carbocycles. The van der Waals surface area contributed by atoms with Crippen LogP contribution < -0.4 is 18.9 Å². The number of rotatable bonds is 8. The summed E-state index contributed by atoms with van der Waals surface area (Å²) in [5.41, 5.74) is 3.83. The van der Waals surface area contributed by atoms with E-state index in [4.69, 9.17) is 48.2 Å². The zero-order valence-electron chi connectivity index (χ0n) is 27.8. The van der Waals surface area contributed by atoms with Crippen LogP contribution in [-0.2, 0) is 25.4 Å². The Hall–Kier alpha value is -4.69. The Bertz CT molecular complexity index is 1630. The van der Waals surface area contributed by atoms with Crippen LogP contribution in [0.5, 0.6) is 23.0 Å². The third kappa shape index (κ3) is 6.54. The van der Waals surface area contributed by atoms with E-state index >= 15 is 0 Å². The molecule has 0 amide bonds. The molecule has 0 spiro atoms. The van der Waals surface area contributed by atoms with Gasteiger partial charge in [-0.15, -0.1) is 0 Å². The summed E-state index contributed by atoms with van der Waals surface area (Å²) in [5, 5.41) is 15.2. The van der Waals surface area contributed by atoms with Crippen LogP contribution in [0, 0.1) is 17.8 Å². The molecule has 6 atom stereocenters. The summed E-state index contributed by atoms with van der Waals surface area (Å²) < 4.78 is 39.1. The Labute approximate surface area is 277 Å². The largest absolute Gasteiger partial charge is 0.503 e. The Morgan fingerprint density at radius 2 is 1.58 bits per heavy atom. The van der Waals surface area contributed by atoms with Crippen molar-refractivity contribution in [2.45, 2.75) is 37.5 Å². The fraction of sp³-hybridized carbons (Fsp3) is 0.500. The lowest BCUT2D eigenvalue weighted by atomic mass is 9.63. The summed E-state index contributed by atoms with van der Waals surface area (Å²) in [7, 11) is 9.10. The quantitative estimate of drug-likeness (QED) is 0.288. The van der Waals surface area contributed by atoms with E-state index in [0.717, 1.165) is 37.2 Å². The molecule has 3 N–H and O–H groups in total. The highest BCUT2D eigenvalue weighted by Gasteiger charge is 2.54. The van der Waals surface area contributed by atoms with Crippen LogP contribution in [0.3, 0.4) is 0 Å². The van der Waals surface area contributed by atoms with Gasteiger partial charge in [-0.05, 0) is 60.9 Å². The van der Waals surface area contributed by atoms with Crippen LogP contribution in [0.15, 0.2) is 30.3 Å². The molecule has 48 heavy (non-hydrogen) atoms. The van der Waals surface area contributed by atoms with Crippen LogP contribution in [0.4, 0.5) is 4.79 Å². The van der Waals surface area contributed by atoms with Gasteiger partial charge in [0.2, 0.25) is 5.75 Å². The smallest absolute Gasteiger partial charge is 0.497 e. The molecular weight excluding hydrogens is 628 g/mol. The molecule has 1 saturated heterocycles. The number of carboxylic acid groups (broad SMARTS) is 2. The number of aromatic amines is 1. The third-order valence-electron chi connectivity index (χ3n) is 9.76. The molecule has 14 nitrogen and oxygen atoms in total. The molecule has 3 heterocycles. The minimum Gasteiger partial charge on any atom is -0.497 e. The van der Waals surface area contributed by atoms with E-state index in [9.17, 15) is 9.59 Å². The summed E-state index contributed by atoms with van der Waals surface area (Å²) in [6.45, 7) is 1.68. The maximum Gasteiger partial charge on any atom is 0.503 e. The first kappa shape index (κ1) is 34.6. The monoisotopic (exact) mass is 670 g/mol. The lowest BCUT2D eigenvalue weighted by Crippen LogP contribution is -2.58. The van der Waals surface area contributed by atoms with Gasteiger partial charge < -0.3 is 48.4 Å². The van der Waals surface area contributed by atoms with E-state index in [-0.39, 0.29) is 29.4 Å². The molecule has 3 aliphatic rings. The molecule has 2 fully saturated rings. The average molecular weight is 671 g/mol. The van der Waals surface area contributed by atoms with Crippen LogP contribution >= 0.6 is 0 Å². The van der Waals surface area contributed by atoms with Crippen molar-refractivity contribution in [3.05, 3.63) is 47.2 Å². The fourth-order valence-electron chi connectivity index (χ4n) is 7.76. The maximum absolute atomic E-state index is 13.5. The molecule has 14 heteroatoms. The highest BCUT2D eigenvalue weighted by atomic mass is 16.6. The molecule has 6 rings (SSSR count). The van der Waals surface area contributed by atoms with Crippen LogP contribution in [0.25, 0.3) is 10.9 Å². The Morgan fingerprint density at radius 3 is 2.17 bits per heavy atom. The van der Waals surface area contributed by atoms with Gasteiger partial charge in [0.15, 0.2) is 11.5 Å². The zero-order chi connectivity index (χ0) is 34.7. The highest BCUT2D eigenvalue weighted by Crippen LogP contribution is 2.51. The number of esters is 2. The van der Waals surface area contributed by atoms with E-state index in [1.54, 1.807) is 26.4 Å². The minimum absolute atomic E-state index is 0.0170. The normalized spacial score (nSPS) is 24.5. The van der Waals surface area contributed by atoms with Crippen molar-refractivity contribution < 1.29 is 57.8 Å². The lowest BCUT2D eigenvalue weighted by Gasteiger charge is -2.52.